The van der Waals surface area contributed by atoms with Crippen LogP contribution in [-0.2, 0) is 0 Å². The van der Waals surface area contributed by atoms with Crippen LogP contribution >= 0.6 is 0 Å². The number of β-amino-alcohol motifs (C(OH)–C–C–N with tert-alkyl or cyclic N) is 2. The summed E-state index contributed by atoms with van der Waals surface area (Å²) in [5.41, 5.74) is -0.333. The molecule has 1 amide bonds. The molecule has 0 aromatic carbocycles. The van der Waals surface area contributed by atoms with Gasteiger partial charge in [0.2, 0.25) is 0 Å². The minimum atomic E-state index is -0.917. The van der Waals surface area contributed by atoms with E-state index in [1.54, 1.807) is 0 Å². The second kappa shape index (κ2) is 3.52. The summed E-state index contributed by atoms with van der Waals surface area (Å²) in [6.07, 6.45) is -0.568. The van der Waals surface area contributed by atoms with Crippen LogP contribution in [0.1, 0.15) is 10.5 Å². The maximum atomic E-state index is 11.7. The third-order valence-electron chi connectivity index (χ3n) is 2.37. The Kier molecular flexibility index (Phi) is 2.33. The number of likely N-dealkylation sites (tertiary alicyclic amines) is 1. The molecule has 7 nitrogen and oxygen atoms in total. The van der Waals surface area contributed by atoms with Gasteiger partial charge in [-0.1, -0.05) is 0 Å². The van der Waals surface area contributed by atoms with Gasteiger partial charge in [0.1, 0.15) is 5.69 Å². The monoisotopic (exact) mass is 213 g/mol. The SMILES string of the molecule is O=C(c1c[nH]c(=O)[nH]1)N1C[C@@H](O)[C@@H](O)C1. The Labute approximate surface area is 84.4 Å². The molecule has 1 saturated heterocycles. The van der Waals surface area contributed by atoms with Gasteiger partial charge in [-0.15, -0.1) is 0 Å². The topological polar surface area (TPSA) is 109 Å². The molecule has 1 aromatic heterocycles. The average molecular weight is 213 g/mol. The number of aromatic nitrogens is 2. The Bertz CT molecular complexity index is 414. The van der Waals surface area contributed by atoms with Gasteiger partial charge in [-0.05, 0) is 0 Å². The first-order chi connectivity index (χ1) is 7.08. The minimum absolute atomic E-state index is 0.0766. The highest BCUT2D eigenvalue weighted by molar-refractivity contribution is 5.92. The number of amides is 1. The lowest BCUT2D eigenvalue weighted by Gasteiger charge is -2.13. The predicted molar refractivity (Wildman–Crippen MR) is 49.3 cm³/mol. The van der Waals surface area contributed by atoms with Gasteiger partial charge in [0.05, 0.1) is 12.2 Å². The molecule has 0 radical (unpaired) electrons. The number of hydrogen-bond donors (Lipinski definition) is 4. The van der Waals surface area contributed by atoms with Crippen LogP contribution < -0.4 is 5.69 Å². The third-order valence-corrected chi connectivity index (χ3v) is 2.37. The van der Waals surface area contributed by atoms with E-state index >= 15 is 0 Å². The molecule has 0 unspecified atom stereocenters. The Morgan fingerprint density at radius 1 is 1.40 bits per heavy atom. The number of hydrogen-bond acceptors (Lipinski definition) is 4. The first-order valence-electron chi connectivity index (χ1n) is 4.51. The third kappa shape index (κ3) is 1.79. The van der Waals surface area contributed by atoms with Gasteiger partial charge in [-0.3, -0.25) is 4.79 Å². The molecule has 1 fully saturated rings. The quantitative estimate of drug-likeness (QED) is 0.427. The Balaban J connectivity index is 2.13. The van der Waals surface area contributed by atoms with Crippen LogP contribution in [0.25, 0.3) is 0 Å². The van der Waals surface area contributed by atoms with Crippen LogP contribution in [0, 0.1) is 0 Å². The maximum absolute atomic E-state index is 11.7. The molecule has 2 heterocycles. The number of rotatable bonds is 1. The van der Waals surface area contributed by atoms with Crippen molar-refractivity contribution in [3.8, 4) is 0 Å². The lowest BCUT2D eigenvalue weighted by molar-refractivity contribution is 0.0572. The molecule has 1 aromatic rings. The van der Waals surface area contributed by atoms with Gasteiger partial charge >= 0.3 is 5.69 Å². The fraction of sp³-hybridized carbons (Fsp3) is 0.500. The van der Waals surface area contributed by atoms with E-state index in [0.717, 1.165) is 0 Å². The number of nitrogens with one attached hydrogen (secondary N) is 2. The molecule has 15 heavy (non-hydrogen) atoms. The molecule has 1 aliphatic heterocycles. The van der Waals surface area contributed by atoms with E-state index in [1.807, 2.05) is 0 Å². The zero-order valence-corrected chi connectivity index (χ0v) is 7.80. The lowest BCUT2D eigenvalue weighted by atomic mass is 10.3. The lowest BCUT2D eigenvalue weighted by Crippen LogP contribution is -2.30. The highest BCUT2D eigenvalue weighted by Gasteiger charge is 2.33. The van der Waals surface area contributed by atoms with Gasteiger partial charge in [-0.2, -0.15) is 0 Å². The Morgan fingerprint density at radius 2 is 2.00 bits per heavy atom. The average Bonchev–Trinajstić information content (AvgIpc) is 2.74. The molecular formula is C8H11N3O4. The van der Waals surface area contributed by atoms with Gasteiger partial charge < -0.3 is 25.1 Å². The molecule has 0 bridgehead atoms. The van der Waals surface area contributed by atoms with Crippen molar-refractivity contribution < 1.29 is 15.0 Å². The van der Waals surface area contributed by atoms with Crippen molar-refractivity contribution in [1.82, 2.24) is 14.9 Å². The molecule has 0 spiro atoms. The zero-order valence-electron chi connectivity index (χ0n) is 7.80. The smallest absolute Gasteiger partial charge is 0.323 e. The summed E-state index contributed by atoms with van der Waals surface area (Å²) >= 11 is 0. The first kappa shape index (κ1) is 9.94. The zero-order chi connectivity index (χ0) is 11.0. The molecule has 1 aliphatic rings. The summed E-state index contributed by atoms with van der Waals surface area (Å²) in [4.78, 5) is 28.3. The summed E-state index contributed by atoms with van der Waals surface area (Å²) in [6.45, 7) is 0.153. The fourth-order valence-corrected chi connectivity index (χ4v) is 1.55. The summed E-state index contributed by atoms with van der Waals surface area (Å²) in [5.74, 6) is -0.413. The van der Waals surface area contributed by atoms with Gasteiger partial charge in [0.25, 0.3) is 5.91 Å². The van der Waals surface area contributed by atoms with Crippen LogP contribution in [0.3, 0.4) is 0 Å². The number of nitrogens with zero attached hydrogens (tertiary/aromatic N) is 1. The fourth-order valence-electron chi connectivity index (χ4n) is 1.55. The van der Waals surface area contributed by atoms with E-state index in [2.05, 4.69) is 9.97 Å². The number of carbonyl (C=O) groups excluding carboxylic acids is 1. The normalized spacial score (nSPS) is 25.9. The van der Waals surface area contributed by atoms with Crippen molar-refractivity contribution in [3.63, 3.8) is 0 Å². The van der Waals surface area contributed by atoms with E-state index in [0.29, 0.717) is 0 Å². The molecule has 4 N–H and O–H groups in total. The van der Waals surface area contributed by atoms with Gasteiger partial charge in [-0.25, -0.2) is 4.79 Å². The molecule has 82 valence electrons. The van der Waals surface area contributed by atoms with Crippen molar-refractivity contribution in [2.45, 2.75) is 12.2 Å². The number of aromatic amines is 2. The summed E-state index contributed by atoms with van der Waals surface area (Å²) in [7, 11) is 0. The Hall–Kier alpha value is -1.60. The summed E-state index contributed by atoms with van der Waals surface area (Å²) < 4.78 is 0. The van der Waals surface area contributed by atoms with Gasteiger partial charge in [0.15, 0.2) is 0 Å². The standard InChI is InChI=1S/C8H11N3O4/c12-5-2-11(3-6(5)13)7(14)4-1-9-8(15)10-4/h1,5-6,12-13H,2-3H2,(H2,9,10,15)/t5-,6+. The molecular weight excluding hydrogens is 202 g/mol. The highest BCUT2D eigenvalue weighted by atomic mass is 16.3. The van der Waals surface area contributed by atoms with Crippen molar-refractivity contribution in [2.75, 3.05) is 13.1 Å². The van der Waals surface area contributed by atoms with E-state index in [-0.39, 0.29) is 18.8 Å². The number of carbonyl (C=O) groups is 1. The van der Waals surface area contributed by atoms with Crippen LogP contribution in [0.2, 0.25) is 0 Å². The van der Waals surface area contributed by atoms with Crippen LogP contribution in [0.4, 0.5) is 0 Å². The number of aliphatic hydroxyl groups excluding tert-OH is 2. The maximum Gasteiger partial charge on any atom is 0.323 e. The number of imidazole rings is 1. The van der Waals surface area contributed by atoms with Crippen LogP contribution in [0.5, 0.6) is 0 Å². The molecule has 0 saturated carbocycles. The van der Waals surface area contributed by atoms with E-state index in [9.17, 15) is 19.8 Å². The van der Waals surface area contributed by atoms with E-state index in [1.165, 1.54) is 11.1 Å². The van der Waals surface area contributed by atoms with Crippen LogP contribution in [-0.4, -0.2) is 56.3 Å². The number of H-pyrrole nitrogens is 2. The minimum Gasteiger partial charge on any atom is -0.388 e. The first-order valence-corrected chi connectivity index (χ1v) is 4.51. The molecule has 2 rings (SSSR count). The summed E-state index contributed by atoms with van der Waals surface area (Å²) in [6, 6.07) is 0. The van der Waals surface area contributed by atoms with Crippen LogP contribution in [0.15, 0.2) is 11.0 Å². The van der Waals surface area contributed by atoms with Gasteiger partial charge in [0, 0.05) is 19.3 Å². The predicted octanol–water partition coefficient (Wildman–Crippen LogP) is -2.12. The van der Waals surface area contributed by atoms with Crippen molar-refractivity contribution >= 4 is 5.91 Å². The summed E-state index contributed by atoms with van der Waals surface area (Å²) in [5, 5.41) is 18.5. The number of aliphatic hydroxyl groups is 2. The Morgan fingerprint density at radius 3 is 2.47 bits per heavy atom. The molecule has 7 heteroatoms. The second-order valence-electron chi connectivity index (χ2n) is 3.50. The highest BCUT2D eigenvalue weighted by Crippen LogP contribution is 2.12. The van der Waals surface area contributed by atoms with Crippen molar-refractivity contribution in [3.05, 3.63) is 22.4 Å². The van der Waals surface area contributed by atoms with E-state index < -0.39 is 23.8 Å². The molecule has 0 aliphatic carbocycles. The second-order valence-corrected chi connectivity index (χ2v) is 3.50. The van der Waals surface area contributed by atoms with Crippen molar-refractivity contribution in [1.29, 1.82) is 0 Å². The van der Waals surface area contributed by atoms with E-state index in [4.69, 9.17) is 0 Å². The molecule has 2 atom stereocenters. The largest absolute Gasteiger partial charge is 0.388 e. The van der Waals surface area contributed by atoms with Crippen molar-refractivity contribution in [2.24, 2.45) is 0 Å².